The van der Waals surface area contributed by atoms with E-state index in [9.17, 15) is 9.59 Å². The van der Waals surface area contributed by atoms with E-state index in [2.05, 4.69) is 9.88 Å². The van der Waals surface area contributed by atoms with Crippen molar-refractivity contribution in [3.05, 3.63) is 36.5 Å². The first kappa shape index (κ1) is 15.1. The molecule has 1 aromatic carbocycles. The first-order valence-corrected chi connectivity index (χ1v) is 7.08. The predicted molar refractivity (Wildman–Crippen MR) is 81.0 cm³/mol. The van der Waals surface area contributed by atoms with E-state index >= 15 is 0 Å². The van der Waals surface area contributed by atoms with Crippen molar-refractivity contribution in [1.82, 2.24) is 9.88 Å². The quantitative estimate of drug-likeness (QED) is 0.821. The van der Waals surface area contributed by atoms with Crippen LogP contribution in [0.5, 0.6) is 0 Å². The lowest BCUT2D eigenvalue weighted by atomic mass is 10.1. The predicted octanol–water partition coefficient (Wildman–Crippen LogP) is 2.26. The molecule has 0 saturated carbocycles. The number of hydrogen-bond acceptors (Lipinski definition) is 2. The van der Waals surface area contributed by atoms with Crippen molar-refractivity contribution in [3.8, 4) is 0 Å². The van der Waals surface area contributed by atoms with Crippen LogP contribution >= 0.6 is 0 Å². The number of carboxylic acid groups (broad SMARTS) is 1. The molecular weight excluding hydrogens is 268 g/mol. The number of carbonyl (C=O) groups excluding carboxylic acids is 1. The number of rotatable bonds is 7. The number of benzene rings is 1. The van der Waals surface area contributed by atoms with Gasteiger partial charge in [0.15, 0.2) is 0 Å². The molecule has 0 spiro atoms. The first-order chi connectivity index (χ1) is 10.1. The van der Waals surface area contributed by atoms with Gasteiger partial charge < -0.3 is 15.0 Å². The monoisotopic (exact) mass is 288 g/mol. The van der Waals surface area contributed by atoms with Crippen LogP contribution in [0.2, 0.25) is 0 Å². The Morgan fingerprint density at radius 2 is 2.05 bits per heavy atom. The molecule has 1 amide bonds. The molecule has 0 aliphatic rings. The molecule has 1 heterocycles. The van der Waals surface area contributed by atoms with Gasteiger partial charge in [0.05, 0.1) is 0 Å². The Bertz CT molecular complexity index is 633. The topological polar surface area (TPSA) is 71.3 Å². The molecule has 2 rings (SSSR count). The summed E-state index contributed by atoms with van der Waals surface area (Å²) in [4.78, 5) is 22.3. The number of amides is 1. The zero-order valence-corrected chi connectivity index (χ0v) is 12.1. The SMILES string of the molecule is CC(CNC(=O)CCn1ccc2ccccc21)CC(=O)O. The molecule has 5 nitrogen and oxygen atoms in total. The molecule has 1 aromatic heterocycles. The highest BCUT2D eigenvalue weighted by Gasteiger charge is 2.09. The highest BCUT2D eigenvalue weighted by atomic mass is 16.4. The number of para-hydroxylation sites is 1. The van der Waals surface area contributed by atoms with Gasteiger partial charge in [-0.05, 0) is 23.4 Å². The molecule has 0 aliphatic heterocycles. The van der Waals surface area contributed by atoms with Crippen LogP contribution < -0.4 is 5.32 Å². The fraction of sp³-hybridized carbons (Fsp3) is 0.375. The number of fused-ring (bicyclic) bond motifs is 1. The number of hydrogen-bond donors (Lipinski definition) is 2. The molecule has 0 bridgehead atoms. The van der Waals surface area contributed by atoms with Crippen LogP contribution in [0, 0.1) is 5.92 Å². The fourth-order valence-electron chi connectivity index (χ4n) is 2.30. The Labute approximate surface area is 123 Å². The number of carboxylic acids is 1. The van der Waals surface area contributed by atoms with Crippen LogP contribution in [0.3, 0.4) is 0 Å². The van der Waals surface area contributed by atoms with Gasteiger partial charge in [0.2, 0.25) is 5.91 Å². The Hall–Kier alpha value is -2.30. The lowest BCUT2D eigenvalue weighted by Crippen LogP contribution is -2.29. The Morgan fingerprint density at radius 3 is 2.81 bits per heavy atom. The van der Waals surface area contributed by atoms with E-state index in [1.54, 1.807) is 0 Å². The zero-order valence-electron chi connectivity index (χ0n) is 12.1. The Balaban J connectivity index is 1.80. The summed E-state index contributed by atoms with van der Waals surface area (Å²) in [5, 5.41) is 12.6. The molecule has 2 aromatic rings. The molecule has 0 saturated heterocycles. The van der Waals surface area contributed by atoms with E-state index in [1.807, 2.05) is 43.5 Å². The smallest absolute Gasteiger partial charge is 0.303 e. The minimum absolute atomic E-state index is 0.0509. The minimum atomic E-state index is -0.837. The molecule has 0 fully saturated rings. The van der Waals surface area contributed by atoms with Gasteiger partial charge in [-0.2, -0.15) is 0 Å². The van der Waals surface area contributed by atoms with E-state index in [0.717, 1.165) is 10.9 Å². The van der Waals surface area contributed by atoms with Crippen LogP contribution in [-0.2, 0) is 16.1 Å². The third-order valence-corrected chi connectivity index (χ3v) is 3.43. The number of aromatic nitrogens is 1. The van der Waals surface area contributed by atoms with Crippen molar-refractivity contribution in [1.29, 1.82) is 0 Å². The summed E-state index contributed by atoms with van der Waals surface area (Å²) in [5.41, 5.74) is 1.12. The van der Waals surface area contributed by atoms with Crippen molar-refractivity contribution < 1.29 is 14.7 Å². The molecule has 1 unspecified atom stereocenters. The molecule has 21 heavy (non-hydrogen) atoms. The first-order valence-electron chi connectivity index (χ1n) is 7.08. The number of nitrogens with zero attached hydrogens (tertiary/aromatic N) is 1. The van der Waals surface area contributed by atoms with Crippen LogP contribution in [0.4, 0.5) is 0 Å². The van der Waals surface area contributed by atoms with E-state index in [0.29, 0.717) is 19.5 Å². The van der Waals surface area contributed by atoms with E-state index < -0.39 is 5.97 Å². The zero-order chi connectivity index (χ0) is 15.2. The van der Waals surface area contributed by atoms with Gasteiger partial charge in [0.1, 0.15) is 0 Å². The molecule has 1 atom stereocenters. The maximum absolute atomic E-state index is 11.8. The van der Waals surface area contributed by atoms with Gasteiger partial charge in [-0.1, -0.05) is 25.1 Å². The minimum Gasteiger partial charge on any atom is -0.481 e. The lowest BCUT2D eigenvalue weighted by molar-refractivity contribution is -0.138. The third kappa shape index (κ3) is 4.34. The average molecular weight is 288 g/mol. The third-order valence-electron chi connectivity index (χ3n) is 3.43. The summed E-state index contributed by atoms with van der Waals surface area (Å²) < 4.78 is 2.05. The van der Waals surface area contributed by atoms with Gasteiger partial charge in [-0.15, -0.1) is 0 Å². The summed E-state index contributed by atoms with van der Waals surface area (Å²) in [6.45, 7) is 2.83. The van der Waals surface area contributed by atoms with E-state index in [1.165, 1.54) is 0 Å². The van der Waals surface area contributed by atoms with Gasteiger partial charge >= 0.3 is 5.97 Å². The van der Waals surface area contributed by atoms with Gasteiger partial charge in [-0.3, -0.25) is 9.59 Å². The second-order valence-corrected chi connectivity index (χ2v) is 5.33. The standard InChI is InChI=1S/C16H20N2O3/c1-12(10-16(20)21)11-17-15(19)7-9-18-8-6-13-4-2-3-5-14(13)18/h2-6,8,12H,7,9-11H2,1H3,(H,17,19)(H,20,21). The summed E-state index contributed by atoms with van der Waals surface area (Å²) >= 11 is 0. The second kappa shape index (κ2) is 6.92. The molecule has 0 radical (unpaired) electrons. The van der Waals surface area contributed by atoms with Crippen molar-refractivity contribution in [3.63, 3.8) is 0 Å². The van der Waals surface area contributed by atoms with Gasteiger partial charge in [-0.25, -0.2) is 0 Å². The van der Waals surface area contributed by atoms with Crippen LogP contribution in [0.25, 0.3) is 10.9 Å². The highest BCUT2D eigenvalue weighted by molar-refractivity contribution is 5.80. The number of nitrogens with one attached hydrogen (secondary N) is 1. The molecule has 112 valence electrons. The lowest BCUT2D eigenvalue weighted by Gasteiger charge is -2.11. The molecule has 0 aliphatic carbocycles. The summed E-state index contributed by atoms with van der Waals surface area (Å²) in [5.74, 6) is -0.945. The fourth-order valence-corrected chi connectivity index (χ4v) is 2.30. The second-order valence-electron chi connectivity index (χ2n) is 5.33. The summed E-state index contributed by atoms with van der Waals surface area (Å²) in [7, 11) is 0. The van der Waals surface area contributed by atoms with Gasteiger partial charge in [0.25, 0.3) is 0 Å². The summed E-state index contributed by atoms with van der Waals surface area (Å²) in [6.07, 6.45) is 2.44. The van der Waals surface area contributed by atoms with E-state index in [4.69, 9.17) is 5.11 Å². The maximum Gasteiger partial charge on any atom is 0.303 e. The van der Waals surface area contributed by atoms with Crippen molar-refractivity contribution in [2.75, 3.05) is 6.54 Å². The normalized spacial score (nSPS) is 12.2. The number of aryl methyl sites for hydroxylation is 1. The largest absolute Gasteiger partial charge is 0.481 e. The van der Waals surface area contributed by atoms with Crippen LogP contribution in [-0.4, -0.2) is 28.1 Å². The summed E-state index contributed by atoms with van der Waals surface area (Å²) in [6, 6.07) is 10.1. The molecule has 5 heteroatoms. The van der Waals surface area contributed by atoms with Gasteiger partial charge in [0, 0.05) is 37.6 Å². The van der Waals surface area contributed by atoms with Crippen LogP contribution in [0.1, 0.15) is 19.8 Å². The van der Waals surface area contributed by atoms with Crippen molar-refractivity contribution >= 4 is 22.8 Å². The average Bonchev–Trinajstić information content (AvgIpc) is 2.85. The molecular formula is C16H20N2O3. The number of carbonyl (C=O) groups is 2. The molecule has 2 N–H and O–H groups in total. The van der Waals surface area contributed by atoms with E-state index in [-0.39, 0.29) is 18.2 Å². The Kier molecular flexibility index (Phi) is 4.98. The van der Waals surface area contributed by atoms with Crippen LogP contribution in [0.15, 0.2) is 36.5 Å². The number of aliphatic carboxylic acids is 1. The maximum atomic E-state index is 11.8. The Morgan fingerprint density at radius 1 is 1.29 bits per heavy atom. The highest BCUT2D eigenvalue weighted by Crippen LogP contribution is 2.15. The van der Waals surface area contributed by atoms with Crippen molar-refractivity contribution in [2.24, 2.45) is 5.92 Å². The van der Waals surface area contributed by atoms with Crippen molar-refractivity contribution in [2.45, 2.75) is 26.3 Å².